The molecular formula is C41H41N5O9S. The number of rotatable bonds is 2. The Kier molecular flexibility index (Phi) is 7.83. The highest BCUT2D eigenvalue weighted by atomic mass is 32.2. The fourth-order valence-electron chi connectivity index (χ4n) is 10.6. The van der Waals surface area contributed by atoms with Crippen molar-refractivity contribution in [1.29, 1.82) is 5.26 Å². The number of aromatic nitrogens is 1. The van der Waals surface area contributed by atoms with Crippen LogP contribution in [0.15, 0.2) is 24.3 Å². The first-order chi connectivity index (χ1) is 27.0. The number of ether oxygens (including phenoxy) is 5. The fourth-order valence-corrected chi connectivity index (χ4v) is 12.3. The summed E-state index contributed by atoms with van der Waals surface area (Å²) in [5, 5.41) is 37.5. The largest absolute Gasteiger partial charge is 0.508 e. The molecule has 1 unspecified atom stereocenters. The van der Waals surface area contributed by atoms with Gasteiger partial charge in [0.1, 0.15) is 24.1 Å². The van der Waals surface area contributed by atoms with Gasteiger partial charge < -0.3 is 38.9 Å². The number of hydrogen-bond donors (Lipinski definition) is 4. The summed E-state index contributed by atoms with van der Waals surface area (Å²) in [5.74, 6) is 1.03. The minimum absolute atomic E-state index is 0.0521. The lowest BCUT2D eigenvalue weighted by Gasteiger charge is -2.62. The first kappa shape index (κ1) is 35.3. The second kappa shape index (κ2) is 12.4. The average Bonchev–Trinajstić information content (AvgIpc) is 3.81. The van der Waals surface area contributed by atoms with Gasteiger partial charge in [0.2, 0.25) is 6.79 Å². The number of hydrogen-bond acceptors (Lipinski definition) is 14. The van der Waals surface area contributed by atoms with Crippen molar-refractivity contribution in [3.63, 3.8) is 0 Å². The van der Waals surface area contributed by atoms with Crippen molar-refractivity contribution in [1.82, 2.24) is 20.1 Å². The van der Waals surface area contributed by atoms with E-state index in [1.807, 2.05) is 27.0 Å². The molecule has 7 atom stereocenters. The molecule has 0 saturated carbocycles. The zero-order valence-electron chi connectivity index (χ0n) is 31.5. The molecule has 2 saturated heterocycles. The van der Waals surface area contributed by atoms with Crippen molar-refractivity contribution in [2.45, 2.75) is 74.6 Å². The Hall–Kier alpha value is -5.14. The Morgan fingerprint density at radius 3 is 2.68 bits per heavy atom. The lowest BCUT2D eigenvalue weighted by molar-refractivity contribution is -0.157. The van der Waals surface area contributed by atoms with E-state index in [1.54, 1.807) is 19.2 Å². The molecule has 4 N–H and O–H groups in total. The quantitative estimate of drug-likeness (QED) is 0.166. The first-order valence-electron chi connectivity index (χ1n) is 18.8. The SMILES string of the molecule is COc1c(C)cc2c(c1O)[C@@H]1C3[C@@H]4SC[C@]5(NCCc6c5[nH]c5ccc(O)cc65)C(=O)OC[C@@H](c5c6c(c(C)c(OC(C)=O)c54)OCO6)N3[C@@H](C#N)[C@H](C2)N1C. The van der Waals surface area contributed by atoms with Gasteiger partial charge in [-0.25, -0.2) is 4.79 Å². The first-order valence-corrected chi connectivity index (χ1v) is 19.8. The Morgan fingerprint density at radius 2 is 1.91 bits per heavy atom. The number of likely N-dealkylation sites (N-methyl/N-ethyl adjacent to an activating group) is 1. The standard InChI is InChI=1S/C41H41N5O9S/c1-17-10-20-11-25-26(13-42)46-27-14-52-40(50)41(39-22(8-9-43-41)23-12-21(48)6-7-24(23)44-39)15-56-38(32(46)31(45(25)4)28(20)33(49)34(17)51-5)30-29(27)37-36(53-16-54-37)18(2)35(30)55-19(3)47/h6-7,10,12,25-27,31-32,38,43-44,48-49H,8-9,11,14-16H2,1-5H3/t25-,26-,27-,31+,32?,38+,41+/m0/s1. The highest BCUT2D eigenvalue weighted by Crippen LogP contribution is 2.64. The number of benzene rings is 3. The maximum atomic E-state index is 14.8. The van der Waals surface area contributed by atoms with Crippen molar-refractivity contribution < 1.29 is 43.5 Å². The van der Waals surface area contributed by atoms with Crippen LogP contribution in [0.4, 0.5) is 0 Å². The van der Waals surface area contributed by atoms with Crippen molar-refractivity contribution in [3.05, 3.63) is 68.9 Å². The number of phenolic OH excluding ortho intramolecular Hbond substituents is 2. The summed E-state index contributed by atoms with van der Waals surface area (Å²) in [6, 6.07) is 7.15. The number of aromatic amines is 1. The Bertz CT molecular complexity index is 2440. The smallest absolute Gasteiger partial charge is 0.333 e. The van der Waals surface area contributed by atoms with E-state index in [4.69, 9.17) is 23.7 Å². The zero-order valence-corrected chi connectivity index (χ0v) is 32.3. The number of phenols is 2. The lowest BCUT2D eigenvalue weighted by atomic mass is 9.71. The van der Waals surface area contributed by atoms with E-state index in [0.29, 0.717) is 70.3 Å². The number of nitriles is 1. The molecule has 15 heteroatoms. The molecule has 0 amide bonds. The Balaban J connectivity index is 1.25. The number of thioether (sulfide) groups is 1. The third-order valence-corrected chi connectivity index (χ3v) is 14.3. The number of H-pyrrole nitrogens is 1. The van der Waals surface area contributed by atoms with E-state index in [9.17, 15) is 25.1 Å². The number of carbonyl (C=O) groups is 2. The summed E-state index contributed by atoms with van der Waals surface area (Å²) in [4.78, 5) is 35.7. The molecule has 4 aromatic rings. The molecule has 0 radical (unpaired) electrons. The third-order valence-electron chi connectivity index (χ3n) is 12.9. The molecule has 14 nitrogen and oxygen atoms in total. The average molecular weight is 780 g/mol. The summed E-state index contributed by atoms with van der Waals surface area (Å²) in [6.45, 7) is 5.37. The van der Waals surface area contributed by atoms with Gasteiger partial charge in [-0.2, -0.15) is 5.26 Å². The summed E-state index contributed by atoms with van der Waals surface area (Å²) >= 11 is 1.51. The van der Waals surface area contributed by atoms with Crippen molar-refractivity contribution >= 4 is 34.6 Å². The number of fused-ring (bicyclic) bond motifs is 11. The van der Waals surface area contributed by atoms with Gasteiger partial charge >= 0.3 is 11.9 Å². The van der Waals surface area contributed by atoms with Gasteiger partial charge in [0.15, 0.2) is 28.5 Å². The number of methoxy groups -OCH3 is 1. The van der Waals surface area contributed by atoms with Crippen LogP contribution in [-0.2, 0) is 32.7 Å². The van der Waals surface area contributed by atoms with Gasteiger partial charge in [0.25, 0.3) is 0 Å². The number of piperazine rings is 1. The molecule has 3 aromatic carbocycles. The monoisotopic (exact) mass is 779 g/mol. The predicted octanol–water partition coefficient (Wildman–Crippen LogP) is 4.46. The molecule has 11 rings (SSSR count). The van der Waals surface area contributed by atoms with E-state index in [-0.39, 0.29) is 36.7 Å². The summed E-state index contributed by atoms with van der Waals surface area (Å²) < 4.78 is 30.7. The van der Waals surface area contributed by atoms with Crippen LogP contribution in [0.1, 0.15) is 68.9 Å². The van der Waals surface area contributed by atoms with Crippen LogP contribution in [0.25, 0.3) is 10.9 Å². The highest BCUT2D eigenvalue weighted by Gasteiger charge is 2.62. The topological polar surface area (TPSA) is 179 Å². The van der Waals surface area contributed by atoms with Crippen LogP contribution in [0.5, 0.6) is 34.5 Å². The molecule has 0 aliphatic carbocycles. The normalized spacial score (nSPS) is 28.8. The van der Waals surface area contributed by atoms with Gasteiger partial charge in [-0.15, -0.1) is 11.8 Å². The van der Waals surface area contributed by atoms with Gasteiger partial charge in [0, 0.05) is 64.5 Å². The van der Waals surface area contributed by atoms with Crippen molar-refractivity contribution in [3.8, 4) is 40.6 Å². The van der Waals surface area contributed by atoms with E-state index in [1.165, 1.54) is 18.7 Å². The van der Waals surface area contributed by atoms with Gasteiger partial charge in [0.05, 0.1) is 36.2 Å². The molecule has 1 spiro atoms. The fraction of sp³-hybridized carbons (Fsp3) is 0.439. The number of esters is 2. The van der Waals surface area contributed by atoms with Crippen LogP contribution in [0.3, 0.4) is 0 Å². The van der Waals surface area contributed by atoms with Crippen LogP contribution >= 0.6 is 11.8 Å². The number of aryl methyl sites for hydroxylation is 1. The van der Waals surface area contributed by atoms with Crippen LogP contribution < -0.4 is 24.3 Å². The third kappa shape index (κ3) is 4.61. The minimum Gasteiger partial charge on any atom is -0.508 e. The maximum Gasteiger partial charge on any atom is 0.333 e. The molecule has 4 bridgehead atoms. The Morgan fingerprint density at radius 1 is 1.11 bits per heavy atom. The number of aromatic hydroxyl groups is 2. The van der Waals surface area contributed by atoms with Crippen LogP contribution in [-0.4, -0.2) is 94.9 Å². The molecule has 290 valence electrons. The van der Waals surface area contributed by atoms with Crippen LogP contribution in [0, 0.1) is 25.2 Å². The van der Waals surface area contributed by atoms with Gasteiger partial charge in [-0.05, 0) is 68.6 Å². The van der Waals surface area contributed by atoms with Crippen molar-refractivity contribution in [2.75, 3.05) is 39.9 Å². The van der Waals surface area contributed by atoms with E-state index < -0.39 is 46.9 Å². The van der Waals surface area contributed by atoms with Crippen molar-refractivity contribution in [2.24, 2.45) is 0 Å². The number of nitrogens with one attached hydrogen (secondary N) is 2. The number of carbonyl (C=O) groups excluding carboxylic acids is 2. The molecule has 7 aliphatic rings. The maximum absolute atomic E-state index is 14.8. The Labute approximate surface area is 326 Å². The molecule has 7 aliphatic heterocycles. The number of nitrogens with zero attached hydrogens (tertiary/aromatic N) is 3. The second-order valence-electron chi connectivity index (χ2n) is 15.6. The molecule has 56 heavy (non-hydrogen) atoms. The highest BCUT2D eigenvalue weighted by molar-refractivity contribution is 7.99. The molecule has 8 heterocycles. The summed E-state index contributed by atoms with van der Waals surface area (Å²) in [5.41, 5.74) is 5.48. The second-order valence-corrected chi connectivity index (χ2v) is 16.7. The van der Waals surface area contributed by atoms with Gasteiger partial charge in [-0.1, -0.05) is 6.07 Å². The van der Waals surface area contributed by atoms with Gasteiger partial charge in [-0.3, -0.25) is 19.9 Å². The predicted molar refractivity (Wildman–Crippen MR) is 203 cm³/mol. The molecule has 1 aromatic heterocycles. The zero-order chi connectivity index (χ0) is 38.9. The summed E-state index contributed by atoms with van der Waals surface area (Å²) in [7, 11) is 3.54. The molecular weight excluding hydrogens is 739 g/mol. The van der Waals surface area contributed by atoms with Crippen LogP contribution in [0.2, 0.25) is 0 Å². The van der Waals surface area contributed by atoms with E-state index in [0.717, 1.165) is 27.6 Å². The summed E-state index contributed by atoms with van der Waals surface area (Å²) in [6.07, 6.45) is 1.12. The van der Waals surface area contributed by atoms with E-state index in [2.05, 4.69) is 32.2 Å². The minimum atomic E-state index is -1.33. The lowest BCUT2D eigenvalue weighted by Crippen LogP contribution is -2.69. The van der Waals surface area contributed by atoms with E-state index >= 15 is 0 Å². The molecule has 2 fully saturated rings.